The van der Waals surface area contributed by atoms with E-state index in [1.54, 1.807) is 0 Å². The second-order valence-electron chi connectivity index (χ2n) is 5.32. The fourth-order valence-electron chi connectivity index (χ4n) is 2.44. The molecule has 0 saturated heterocycles. The number of aliphatic hydroxyl groups excluding tert-OH is 1. The van der Waals surface area contributed by atoms with Gasteiger partial charge in [0.2, 0.25) is 0 Å². The third-order valence-corrected chi connectivity index (χ3v) is 3.68. The van der Waals surface area contributed by atoms with Crippen LogP contribution in [-0.2, 0) is 0 Å². The van der Waals surface area contributed by atoms with E-state index < -0.39 is 0 Å². The van der Waals surface area contributed by atoms with Gasteiger partial charge in [0.1, 0.15) is 0 Å². The van der Waals surface area contributed by atoms with Crippen molar-refractivity contribution in [3.63, 3.8) is 0 Å². The van der Waals surface area contributed by atoms with Crippen molar-refractivity contribution in [1.29, 1.82) is 0 Å². The first kappa shape index (κ1) is 14.0. The molecule has 0 aromatic heterocycles. The van der Waals surface area contributed by atoms with Crippen molar-refractivity contribution in [3.05, 3.63) is 48.0 Å². The van der Waals surface area contributed by atoms with Crippen LogP contribution in [0, 0.1) is 5.92 Å². The zero-order valence-electron chi connectivity index (χ0n) is 11.8. The highest BCUT2D eigenvalue weighted by molar-refractivity contribution is 5.86. The van der Waals surface area contributed by atoms with E-state index in [0.29, 0.717) is 12.0 Å². The molecule has 2 N–H and O–H groups in total. The quantitative estimate of drug-likeness (QED) is 0.830. The van der Waals surface area contributed by atoms with Gasteiger partial charge in [0.15, 0.2) is 0 Å². The van der Waals surface area contributed by atoms with Crippen LogP contribution in [0.25, 0.3) is 10.8 Å². The number of rotatable bonds is 6. The first-order valence-electron chi connectivity index (χ1n) is 7.04. The first-order valence-corrected chi connectivity index (χ1v) is 7.04. The van der Waals surface area contributed by atoms with Crippen LogP contribution in [-0.4, -0.2) is 18.3 Å². The molecule has 0 saturated carbocycles. The molecule has 2 atom stereocenters. The maximum atomic E-state index is 8.93. The van der Waals surface area contributed by atoms with Crippen molar-refractivity contribution in [2.75, 3.05) is 13.2 Å². The van der Waals surface area contributed by atoms with Crippen LogP contribution in [0.15, 0.2) is 42.5 Å². The standard InChI is InChI=1S/C17H23NO/c1-13(10-11-19)12-18-14(2)16-9-5-7-15-6-3-4-8-17(15)16/h3-9,13-14,18-19H,10-12H2,1-2H3. The Morgan fingerprint density at radius 2 is 1.79 bits per heavy atom. The summed E-state index contributed by atoms with van der Waals surface area (Å²) in [6.45, 7) is 5.57. The number of hydrogen-bond acceptors (Lipinski definition) is 2. The highest BCUT2D eigenvalue weighted by Crippen LogP contribution is 2.24. The maximum absolute atomic E-state index is 8.93. The molecule has 19 heavy (non-hydrogen) atoms. The molecule has 0 bridgehead atoms. The third kappa shape index (κ3) is 3.55. The average Bonchev–Trinajstić information content (AvgIpc) is 2.44. The molecule has 0 amide bonds. The summed E-state index contributed by atoms with van der Waals surface area (Å²) in [6, 6.07) is 15.3. The molecule has 0 aliphatic heterocycles. The van der Waals surface area contributed by atoms with E-state index in [9.17, 15) is 0 Å². The Kier molecular flexibility index (Phi) is 4.94. The molecule has 0 spiro atoms. The van der Waals surface area contributed by atoms with Crippen LogP contribution in [0.4, 0.5) is 0 Å². The smallest absolute Gasteiger partial charge is 0.0434 e. The predicted octanol–water partition coefficient (Wildman–Crippen LogP) is 3.51. The summed E-state index contributed by atoms with van der Waals surface area (Å²) in [5, 5.41) is 15.1. The predicted molar refractivity (Wildman–Crippen MR) is 81.2 cm³/mol. The average molecular weight is 257 g/mol. The van der Waals surface area contributed by atoms with Crippen LogP contribution >= 0.6 is 0 Å². The van der Waals surface area contributed by atoms with Crippen molar-refractivity contribution < 1.29 is 5.11 Å². The molecule has 2 nitrogen and oxygen atoms in total. The molecule has 2 aromatic carbocycles. The van der Waals surface area contributed by atoms with Gasteiger partial charge in [-0.25, -0.2) is 0 Å². The van der Waals surface area contributed by atoms with E-state index in [1.165, 1.54) is 16.3 Å². The largest absolute Gasteiger partial charge is 0.396 e. The van der Waals surface area contributed by atoms with Crippen molar-refractivity contribution >= 4 is 10.8 Å². The van der Waals surface area contributed by atoms with Gasteiger partial charge in [-0.15, -0.1) is 0 Å². The second kappa shape index (κ2) is 6.69. The zero-order valence-corrected chi connectivity index (χ0v) is 11.8. The van der Waals surface area contributed by atoms with E-state index in [2.05, 4.69) is 61.6 Å². The third-order valence-electron chi connectivity index (χ3n) is 3.68. The van der Waals surface area contributed by atoms with Gasteiger partial charge in [0.25, 0.3) is 0 Å². The van der Waals surface area contributed by atoms with Crippen molar-refractivity contribution in [1.82, 2.24) is 5.32 Å². The van der Waals surface area contributed by atoms with Gasteiger partial charge in [0, 0.05) is 12.6 Å². The molecule has 2 rings (SSSR count). The van der Waals surface area contributed by atoms with Gasteiger partial charge in [0.05, 0.1) is 0 Å². The molecule has 2 aromatic rings. The molecule has 2 unspecified atom stereocenters. The Bertz CT molecular complexity index is 518. The Balaban J connectivity index is 2.11. The minimum Gasteiger partial charge on any atom is -0.396 e. The van der Waals surface area contributed by atoms with Crippen LogP contribution in [0.1, 0.15) is 31.9 Å². The Hall–Kier alpha value is -1.38. The summed E-state index contributed by atoms with van der Waals surface area (Å²) in [7, 11) is 0. The minimum atomic E-state index is 0.269. The SMILES string of the molecule is CC(CCO)CNC(C)c1cccc2ccccc12. The summed E-state index contributed by atoms with van der Waals surface area (Å²) in [4.78, 5) is 0. The van der Waals surface area contributed by atoms with E-state index in [-0.39, 0.29) is 6.61 Å². The second-order valence-corrected chi connectivity index (χ2v) is 5.32. The molecule has 0 heterocycles. The number of fused-ring (bicyclic) bond motifs is 1. The van der Waals surface area contributed by atoms with Crippen LogP contribution < -0.4 is 5.32 Å². The molecule has 0 aliphatic carbocycles. The fourth-order valence-corrected chi connectivity index (χ4v) is 2.44. The van der Waals surface area contributed by atoms with Gasteiger partial charge in [-0.3, -0.25) is 0 Å². The summed E-state index contributed by atoms with van der Waals surface area (Å²) in [5.41, 5.74) is 1.34. The highest BCUT2D eigenvalue weighted by atomic mass is 16.3. The van der Waals surface area contributed by atoms with E-state index in [4.69, 9.17) is 5.11 Å². The van der Waals surface area contributed by atoms with Crippen molar-refractivity contribution in [3.8, 4) is 0 Å². The van der Waals surface area contributed by atoms with Gasteiger partial charge in [-0.1, -0.05) is 49.4 Å². The number of hydrogen-bond donors (Lipinski definition) is 2. The summed E-state index contributed by atoms with van der Waals surface area (Å²) >= 11 is 0. The lowest BCUT2D eigenvalue weighted by molar-refractivity contribution is 0.258. The Morgan fingerprint density at radius 1 is 1.05 bits per heavy atom. The molecule has 2 heteroatoms. The van der Waals surface area contributed by atoms with Crippen LogP contribution in [0.3, 0.4) is 0 Å². The Morgan fingerprint density at radius 3 is 2.58 bits per heavy atom. The molecule has 0 aliphatic rings. The lowest BCUT2D eigenvalue weighted by atomic mass is 9.99. The molecule has 102 valence electrons. The topological polar surface area (TPSA) is 32.3 Å². The summed E-state index contributed by atoms with van der Waals surface area (Å²) < 4.78 is 0. The highest BCUT2D eigenvalue weighted by Gasteiger charge is 2.10. The zero-order chi connectivity index (χ0) is 13.7. The number of nitrogens with one attached hydrogen (secondary N) is 1. The molecular formula is C17H23NO. The normalized spacial score (nSPS) is 14.5. The minimum absolute atomic E-state index is 0.269. The Labute approximate surface area is 115 Å². The first-order chi connectivity index (χ1) is 9.22. The van der Waals surface area contributed by atoms with Gasteiger partial charge >= 0.3 is 0 Å². The van der Waals surface area contributed by atoms with Crippen LogP contribution in [0.2, 0.25) is 0 Å². The fraction of sp³-hybridized carbons (Fsp3) is 0.412. The van der Waals surface area contributed by atoms with Crippen molar-refractivity contribution in [2.45, 2.75) is 26.3 Å². The molecule has 0 fully saturated rings. The van der Waals surface area contributed by atoms with Crippen LogP contribution in [0.5, 0.6) is 0 Å². The van der Waals surface area contributed by atoms with Gasteiger partial charge < -0.3 is 10.4 Å². The van der Waals surface area contributed by atoms with Crippen molar-refractivity contribution in [2.24, 2.45) is 5.92 Å². The number of benzene rings is 2. The number of aliphatic hydroxyl groups is 1. The maximum Gasteiger partial charge on any atom is 0.0434 e. The summed E-state index contributed by atoms with van der Waals surface area (Å²) in [6.07, 6.45) is 0.856. The van der Waals surface area contributed by atoms with Gasteiger partial charge in [-0.05, 0) is 42.1 Å². The van der Waals surface area contributed by atoms with E-state index >= 15 is 0 Å². The van der Waals surface area contributed by atoms with E-state index in [1.807, 2.05) is 0 Å². The van der Waals surface area contributed by atoms with E-state index in [0.717, 1.165) is 13.0 Å². The lowest BCUT2D eigenvalue weighted by Gasteiger charge is -2.19. The molecule has 0 radical (unpaired) electrons. The van der Waals surface area contributed by atoms with Gasteiger partial charge in [-0.2, -0.15) is 0 Å². The molecular weight excluding hydrogens is 234 g/mol. The lowest BCUT2D eigenvalue weighted by Crippen LogP contribution is -2.25. The summed E-state index contributed by atoms with van der Waals surface area (Å²) in [5.74, 6) is 0.502. The monoisotopic (exact) mass is 257 g/mol.